The fourth-order valence-electron chi connectivity index (χ4n) is 2.29. The molecular weight excluding hydrogens is 303 g/mol. The number of hydrogen-bond donors (Lipinski definition) is 0. The zero-order chi connectivity index (χ0) is 15.7. The molecule has 0 bridgehead atoms. The summed E-state index contributed by atoms with van der Waals surface area (Å²) in [5.41, 5.74) is 1.24. The summed E-state index contributed by atoms with van der Waals surface area (Å²) in [6, 6.07) is 11.4. The Labute approximate surface area is 131 Å². The van der Waals surface area contributed by atoms with Crippen molar-refractivity contribution < 1.29 is 18.3 Å². The van der Waals surface area contributed by atoms with Gasteiger partial charge in [0, 0.05) is 17.0 Å². The van der Waals surface area contributed by atoms with Gasteiger partial charge in [0.15, 0.2) is 11.3 Å². The standard InChI is InChI=1S/C17H13FO3S/c1-19-13-8-7-12-15(22)9-14(21-16(12)17(13)20-2)10-3-5-11(18)6-4-10/h3-9H,1-2H3. The van der Waals surface area contributed by atoms with E-state index in [9.17, 15) is 4.39 Å². The van der Waals surface area contributed by atoms with Gasteiger partial charge >= 0.3 is 0 Å². The molecular formula is C17H13FO3S. The summed E-state index contributed by atoms with van der Waals surface area (Å²) in [5.74, 6) is 1.28. The molecule has 0 unspecified atom stereocenters. The van der Waals surface area contributed by atoms with Crippen LogP contribution in [0.5, 0.6) is 11.5 Å². The van der Waals surface area contributed by atoms with Crippen molar-refractivity contribution >= 4 is 23.2 Å². The first-order chi connectivity index (χ1) is 10.6. The Morgan fingerprint density at radius 1 is 1.00 bits per heavy atom. The molecule has 22 heavy (non-hydrogen) atoms. The van der Waals surface area contributed by atoms with E-state index < -0.39 is 0 Å². The normalized spacial score (nSPS) is 10.7. The first-order valence-corrected chi connectivity index (χ1v) is 6.99. The molecule has 1 aromatic heterocycles. The van der Waals surface area contributed by atoms with Gasteiger partial charge in [0.05, 0.1) is 18.7 Å². The summed E-state index contributed by atoms with van der Waals surface area (Å²) in [7, 11) is 3.10. The Bertz CT molecular complexity index is 885. The fourth-order valence-corrected chi connectivity index (χ4v) is 2.55. The second kappa shape index (κ2) is 5.77. The van der Waals surface area contributed by atoms with Crippen LogP contribution in [0.15, 0.2) is 46.9 Å². The van der Waals surface area contributed by atoms with Gasteiger partial charge in [-0.15, -0.1) is 0 Å². The van der Waals surface area contributed by atoms with E-state index >= 15 is 0 Å². The number of halogens is 1. The maximum absolute atomic E-state index is 13.1. The second-order valence-electron chi connectivity index (χ2n) is 4.66. The van der Waals surface area contributed by atoms with Gasteiger partial charge in [0.25, 0.3) is 0 Å². The maximum Gasteiger partial charge on any atom is 0.204 e. The molecule has 0 radical (unpaired) electrons. The Balaban J connectivity index is 2.30. The van der Waals surface area contributed by atoms with Crippen molar-refractivity contribution in [1.29, 1.82) is 0 Å². The third-order valence-corrected chi connectivity index (χ3v) is 3.71. The predicted molar refractivity (Wildman–Crippen MR) is 85.5 cm³/mol. The summed E-state index contributed by atoms with van der Waals surface area (Å²) >= 11 is 5.42. The molecule has 0 saturated carbocycles. The number of fused-ring (bicyclic) bond motifs is 1. The van der Waals surface area contributed by atoms with Crippen molar-refractivity contribution in [3.8, 4) is 22.8 Å². The Morgan fingerprint density at radius 3 is 2.36 bits per heavy atom. The summed E-state index contributed by atoms with van der Waals surface area (Å²) in [5, 5.41) is 0.763. The molecule has 3 nitrogen and oxygen atoms in total. The minimum absolute atomic E-state index is 0.303. The van der Waals surface area contributed by atoms with Gasteiger partial charge in [-0.05, 0) is 36.4 Å². The van der Waals surface area contributed by atoms with Crippen LogP contribution in [0.25, 0.3) is 22.3 Å². The zero-order valence-electron chi connectivity index (χ0n) is 12.1. The molecule has 0 aliphatic carbocycles. The number of rotatable bonds is 3. The lowest BCUT2D eigenvalue weighted by molar-refractivity contribution is 0.353. The van der Waals surface area contributed by atoms with E-state index in [4.69, 9.17) is 26.1 Å². The van der Waals surface area contributed by atoms with Crippen LogP contribution in [0.3, 0.4) is 0 Å². The first kappa shape index (κ1) is 14.5. The van der Waals surface area contributed by atoms with Crippen LogP contribution >= 0.6 is 12.2 Å². The molecule has 0 fully saturated rings. The van der Waals surface area contributed by atoms with Crippen molar-refractivity contribution in [2.45, 2.75) is 0 Å². The lowest BCUT2D eigenvalue weighted by Gasteiger charge is -2.11. The van der Waals surface area contributed by atoms with E-state index in [1.807, 2.05) is 6.07 Å². The third-order valence-electron chi connectivity index (χ3n) is 3.37. The highest BCUT2D eigenvalue weighted by Gasteiger charge is 2.14. The molecule has 3 rings (SSSR count). The fraction of sp³-hybridized carbons (Fsp3) is 0.118. The molecule has 3 aromatic rings. The summed E-state index contributed by atoms with van der Waals surface area (Å²) in [6.07, 6.45) is 0. The van der Waals surface area contributed by atoms with E-state index in [0.29, 0.717) is 27.4 Å². The largest absolute Gasteiger partial charge is 0.493 e. The lowest BCUT2D eigenvalue weighted by atomic mass is 10.1. The van der Waals surface area contributed by atoms with Gasteiger partial charge in [-0.2, -0.15) is 0 Å². The smallest absolute Gasteiger partial charge is 0.204 e. The molecule has 0 aliphatic rings. The molecule has 0 aliphatic heterocycles. The molecule has 0 N–H and O–H groups in total. The molecule has 0 amide bonds. The first-order valence-electron chi connectivity index (χ1n) is 6.59. The summed E-state index contributed by atoms with van der Waals surface area (Å²) < 4.78 is 30.3. The van der Waals surface area contributed by atoms with Gasteiger partial charge in [0.2, 0.25) is 5.75 Å². The van der Waals surface area contributed by atoms with Crippen LogP contribution in [0, 0.1) is 10.3 Å². The highest BCUT2D eigenvalue weighted by atomic mass is 32.1. The maximum atomic E-state index is 13.1. The minimum Gasteiger partial charge on any atom is -0.493 e. The SMILES string of the molecule is COc1ccc2c(=S)cc(-c3ccc(F)cc3)oc2c1OC. The molecule has 2 aromatic carbocycles. The Kier molecular flexibility index (Phi) is 3.81. The number of ether oxygens (including phenoxy) is 2. The molecule has 0 saturated heterocycles. The van der Waals surface area contributed by atoms with Gasteiger partial charge in [-0.25, -0.2) is 4.39 Å². The number of methoxy groups -OCH3 is 2. The molecule has 0 spiro atoms. The van der Waals surface area contributed by atoms with Crippen LogP contribution < -0.4 is 9.47 Å². The van der Waals surface area contributed by atoms with Gasteiger partial charge < -0.3 is 13.9 Å². The van der Waals surface area contributed by atoms with E-state index in [0.717, 1.165) is 10.9 Å². The van der Waals surface area contributed by atoms with Crippen molar-refractivity contribution in [3.63, 3.8) is 0 Å². The Morgan fingerprint density at radius 2 is 1.73 bits per heavy atom. The number of benzene rings is 2. The quantitative estimate of drug-likeness (QED) is 0.637. The van der Waals surface area contributed by atoms with Gasteiger partial charge in [-0.1, -0.05) is 12.2 Å². The van der Waals surface area contributed by atoms with Crippen LogP contribution in [0.1, 0.15) is 0 Å². The van der Waals surface area contributed by atoms with Crippen LogP contribution in [-0.2, 0) is 0 Å². The summed E-state index contributed by atoms with van der Waals surface area (Å²) in [4.78, 5) is 0. The molecule has 5 heteroatoms. The monoisotopic (exact) mass is 316 g/mol. The van der Waals surface area contributed by atoms with Crippen LogP contribution in [0.4, 0.5) is 4.39 Å². The Hall–Kier alpha value is -2.40. The van der Waals surface area contributed by atoms with E-state index in [1.54, 1.807) is 38.5 Å². The zero-order valence-corrected chi connectivity index (χ0v) is 12.9. The topological polar surface area (TPSA) is 31.6 Å². The molecule has 1 heterocycles. The highest BCUT2D eigenvalue weighted by Crippen LogP contribution is 2.38. The van der Waals surface area contributed by atoms with E-state index in [1.165, 1.54) is 12.1 Å². The number of hydrogen-bond acceptors (Lipinski definition) is 4. The average molecular weight is 316 g/mol. The highest BCUT2D eigenvalue weighted by molar-refractivity contribution is 7.71. The van der Waals surface area contributed by atoms with Crippen molar-refractivity contribution in [1.82, 2.24) is 0 Å². The van der Waals surface area contributed by atoms with E-state index in [2.05, 4.69) is 0 Å². The molecule has 0 atom stereocenters. The third kappa shape index (κ3) is 2.44. The second-order valence-corrected chi connectivity index (χ2v) is 5.10. The van der Waals surface area contributed by atoms with Crippen molar-refractivity contribution in [2.75, 3.05) is 14.2 Å². The van der Waals surface area contributed by atoms with Crippen molar-refractivity contribution in [3.05, 3.63) is 52.8 Å². The van der Waals surface area contributed by atoms with Crippen LogP contribution in [-0.4, -0.2) is 14.2 Å². The van der Waals surface area contributed by atoms with Crippen molar-refractivity contribution in [2.24, 2.45) is 0 Å². The van der Waals surface area contributed by atoms with E-state index in [-0.39, 0.29) is 5.82 Å². The van der Waals surface area contributed by atoms with Gasteiger partial charge in [0.1, 0.15) is 11.6 Å². The predicted octanol–water partition coefficient (Wildman–Crippen LogP) is 4.99. The lowest BCUT2D eigenvalue weighted by Crippen LogP contribution is -1.92. The van der Waals surface area contributed by atoms with Gasteiger partial charge in [-0.3, -0.25) is 0 Å². The van der Waals surface area contributed by atoms with Crippen LogP contribution in [0.2, 0.25) is 0 Å². The summed E-state index contributed by atoms with van der Waals surface area (Å²) in [6.45, 7) is 0. The minimum atomic E-state index is -0.303. The molecule has 112 valence electrons. The average Bonchev–Trinajstić information content (AvgIpc) is 2.54.